The van der Waals surface area contributed by atoms with E-state index in [0.717, 1.165) is 11.1 Å². The molecule has 0 saturated carbocycles. The molecule has 0 aliphatic rings. The monoisotopic (exact) mass is 487 g/mol. The number of carbonyl (C=O) groups is 2. The number of ether oxygens (including phenoxy) is 2. The lowest BCUT2D eigenvalue weighted by Crippen LogP contribution is -2.45. The van der Waals surface area contributed by atoms with Gasteiger partial charge in [-0.25, -0.2) is 4.68 Å². The Morgan fingerprint density at radius 3 is 2.42 bits per heavy atom. The molecule has 3 aromatic carbocycles. The van der Waals surface area contributed by atoms with E-state index in [4.69, 9.17) is 9.47 Å². The molecule has 0 unspecified atom stereocenters. The van der Waals surface area contributed by atoms with Crippen LogP contribution in [0.25, 0.3) is 11.0 Å². The molecule has 1 heterocycles. The van der Waals surface area contributed by atoms with Crippen LogP contribution < -0.4 is 10.1 Å². The molecule has 186 valence electrons. The minimum absolute atomic E-state index is 0.0641. The maximum absolute atomic E-state index is 13.8. The van der Waals surface area contributed by atoms with E-state index in [-0.39, 0.29) is 24.9 Å². The fourth-order valence-electron chi connectivity index (χ4n) is 3.99. The van der Waals surface area contributed by atoms with E-state index in [2.05, 4.69) is 15.6 Å². The molecule has 0 bridgehead atoms. The van der Waals surface area contributed by atoms with Gasteiger partial charge in [0.2, 0.25) is 11.8 Å². The van der Waals surface area contributed by atoms with Crippen molar-refractivity contribution in [2.75, 3.05) is 27.4 Å². The van der Waals surface area contributed by atoms with Gasteiger partial charge in [0.25, 0.3) is 0 Å². The predicted molar refractivity (Wildman–Crippen MR) is 135 cm³/mol. The van der Waals surface area contributed by atoms with Crippen LogP contribution in [0.1, 0.15) is 17.2 Å². The Bertz CT molecular complexity index is 1290. The van der Waals surface area contributed by atoms with Gasteiger partial charge in [-0.15, -0.1) is 5.10 Å². The Balaban J connectivity index is 1.70. The van der Waals surface area contributed by atoms with E-state index in [0.29, 0.717) is 30.0 Å². The highest BCUT2D eigenvalue weighted by Crippen LogP contribution is 2.25. The summed E-state index contributed by atoms with van der Waals surface area (Å²) >= 11 is 0. The van der Waals surface area contributed by atoms with Crippen LogP contribution in [0.3, 0.4) is 0 Å². The molecule has 4 aromatic rings. The summed E-state index contributed by atoms with van der Waals surface area (Å²) in [7, 11) is 3.17. The van der Waals surface area contributed by atoms with Gasteiger partial charge >= 0.3 is 0 Å². The highest BCUT2D eigenvalue weighted by atomic mass is 16.5. The highest BCUT2D eigenvalue weighted by Gasteiger charge is 2.32. The number of nitrogens with zero attached hydrogens (tertiary/aromatic N) is 4. The van der Waals surface area contributed by atoms with E-state index < -0.39 is 6.04 Å². The minimum atomic E-state index is -0.854. The lowest BCUT2D eigenvalue weighted by atomic mass is 10.0. The van der Waals surface area contributed by atoms with Gasteiger partial charge in [0.05, 0.1) is 19.2 Å². The summed E-state index contributed by atoms with van der Waals surface area (Å²) in [6, 6.07) is 23.3. The summed E-state index contributed by atoms with van der Waals surface area (Å²) in [5.74, 6) is 0.156. The number of rotatable bonds is 11. The maximum atomic E-state index is 13.8. The van der Waals surface area contributed by atoms with E-state index in [1.807, 2.05) is 78.9 Å². The summed E-state index contributed by atoms with van der Waals surface area (Å²) < 4.78 is 11.9. The lowest BCUT2D eigenvalue weighted by Gasteiger charge is -2.31. The summed E-state index contributed by atoms with van der Waals surface area (Å²) in [6.45, 7) is 0.847. The fraction of sp³-hybridized carbons (Fsp3) is 0.259. The lowest BCUT2D eigenvalue weighted by molar-refractivity contribution is -0.142. The van der Waals surface area contributed by atoms with Crippen molar-refractivity contribution in [2.45, 2.75) is 19.1 Å². The second-order valence-corrected chi connectivity index (χ2v) is 8.20. The number of methoxy groups -OCH3 is 2. The van der Waals surface area contributed by atoms with Gasteiger partial charge in [-0.2, -0.15) is 0 Å². The molecule has 2 amide bonds. The number of amides is 2. The first-order valence-electron chi connectivity index (χ1n) is 11.6. The topological polar surface area (TPSA) is 98.6 Å². The number of carbonyl (C=O) groups excluding carboxylic acids is 2. The van der Waals surface area contributed by atoms with E-state index >= 15 is 0 Å². The molecule has 36 heavy (non-hydrogen) atoms. The second kappa shape index (κ2) is 11.9. The third-order valence-electron chi connectivity index (χ3n) is 5.82. The third kappa shape index (κ3) is 5.87. The van der Waals surface area contributed by atoms with Gasteiger partial charge in [0, 0.05) is 20.2 Å². The number of hydrogen-bond acceptors (Lipinski definition) is 6. The number of nitrogens with one attached hydrogen (secondary N) is 1. The van der Waals surface area contributed by atoms with Gasteiger partial charge < -0.3 is 19.7 Å². The summed E-state index contributed by atoms with van der Waals surface area (Å²) in [4.78, 5) is 28.9. The zero-order chi connectivity index (χ0) is 25.3. The first-order valence-corrected chi connectivity index (χ1v) is 11.6. The van der Waals surface area contributed by atoms with Crippen molar-refractivity contribution in [3.8, 4) is 5.75 Å². The van der Waals surface area contributed by atoms with Gasteiger partial charge in [-0.05, 0) is 35.4 Å². The van der Waals surface area contributed by atoms with E-state index in [9.17, 15) is 9.59 Å². The van der Waals surface area contributed by atoms with Crippen LogP contribution in [0, 0.1) is 0 Å². The van der Waals surface area contributed by atoms with Crippen molar-refractivity contribution in [1.29, 1.82) is 0 Å². The summed E-state index contributed by atoms with van der Waals surface area (Å²) in [5.41, 5.74) is 3.01. The van der Waals surface area contributed by atoms with Crippen LogP contribution in [0.4, 0.5) is 0 Å². The fourth-order valence-corrected chi connectivity index (χ4v) is 3.99. The van der Waals surface area contributed by atoms with Crippen molar-refractivity contribution in [2.24, 2.45) is 0 Å². The van der Waals surface area contributed by atoms with Gasteiger partial charge in [0.15, 0.2) is 0 Å². The average Bonchev–Trinajstić information content (AvgIpc) is 3.32. The van der Waals surface area contributed by atoms with Gasteiger partial charge in [0.1, 0.15) is 23.9 Å². The maximum Gasteiger partial charge on any atom is 0.247 e. The zero-order valence-corrected chi connectivity index (χ0v) is 20.3. The summed E-state index contributed by atoms with van der Waals surface area (Å²) in [6.07, 6.45) is 0. The second-order valence-electron chi connectivity index (χ2n) is 8.20. The molecule has 1 atom stereocenters. The first-order chi connectivity index (χ1) is 17.6. The molecule has 0 fully saturated rings. The van der Waals surface area contributed by atoms with Crippen LogP contribution >= 0.6 is 0 Å². The number of aromatic nitrogens is 3. The van der Waals surface area contributed by atoms with Crippen molar-refractivity contribution in [1.82, 2.24) is 25.2 Å². The van der Waals surface area contributed by atoms with Crippen LogP contribution in [-0.4, -0.2) is 59.1 Å². The normalized spacial score (nSPS) is 11.7. The quantitative estimate of drug-likeness (QED) is 0.327. The Morgan fingerprint density at radius 1 is 0.972 bits per heavy atom. The number of para-hydroxylation sites is 1. The largest absolute Gasteiger partial charge is 0.497 e. The van der Waals surface area contributed by atoms with E-state index in [1.165, 1.54) is 0 Å². The third-order valence-corrected chi connectivity index (χ3v) is 5.82. The summed E-state index contributed by atoms with van der Waals surface area (Å²) in [5, 5.41) is 11.2. The smallest absolute Gasteiger partial charge is 0.247 e. The number of hydrogen-bond donors (Lipinski definition) is 1. The molecule has 1 aromatic heterocycles. The van der Waals surface area contributed by atoms with E-state index in [1.54, 1.807) is 23.8 Å². The average molecular weight is 488 g/mol. The van der Waals surface area contributed by atoms with Crippen molar-refractivity contribution in [3.63, 3.8) is 0 Å². The van der Waals surface area contributed by atoms with Crippen molar-refractivity contribution < 1.29 is 19.1 Å². The Labute approximate surface area is 209 Å². The van der Waals surface area contributed by atoms with Gasteiger partial charge in [-0.3, -0.25) is 9.59 Å². The SMILES string of the molecule is COCCNC(=O)[C@H](c1ccccc1)N(Cc1ccc(OC)cc1)C(=O)Cn1nnc2ccccc21. The zero-order valence-electron chi connectivity index (χ0n) is 20.3. The molecule has 0 aliphatic carbocycles. The molecule has 0 aliphatic heterocycles. The molecule has 4 rings (SSSR count). The van der Waals surface area contributed by atoms with Crippen LogP contribution in [0.15, 0.2) is 78.9 Å². The van der Waals surface area contributed by atoms with Gasteiger partial charge in [-0.1, -0.05) is 59.8 Å². The standard InChI is InChI=1S/C27H29N5O4/c1-35-17-16-28-27(34)26(21-8-4-3-5-9-21)31(18-20-12-14-22(36-2)15-13-20)25(33)19-32-24-11-7-6-10-23(24)29-30-32/h3-15,26H,16-19H2,1-2H3,(H,28,34)/t26-/m0/s1. The molecular formula is C27H29N5O4. The number of benzene rings is 3. The molecule has 9 nitrogen and oxygen atoms in total. The predicted octanol–water partition coefficient (Wildman–Crippen LogP) is 2.97. The molecule has 1 N–H and O–H groups in total. The van der Waals surface area contributed by atoms with Crippen molar-refractivity contribution >= 4 is 22.8 Å². The molecule has 0 spiro atoms. The van der Waals surface area contributed by atoms with Crippen LogP contribution in [0.5, 0.6) is 5.75 Å². The number of fused-ring (bicyclic) bond motifs is 1. The molecule has 0 radical (unpaired) electrons. The highest BCUT2D eigenvalue weighted by molar-refractivity contribution is 5.89. The van der Waals surface area contributed by atoms with Crippen molar-refractivity contribution in [3.05, 3.63) is 90.0 Å². The van der Waals surface area contributed by atoms with Crippen LogP contribution in [-0.2, 0) is 27.4 Å². The first kappa shape index (κ1) is 24.9. The molecule has 0 saturated heterocycles. The Morgan fingerprint density at radius 2 is 1.69 bits per heavy atom. The minimum Gasteiger partial charge on any atom is -0.497 e. The molecular weight excluding hydrogens is 458 g/mol. The Hall–Kier alpha value is -4.24. The van der Waals surface area contributed by atoms with Crippen LogP contribution in [0.2, 0.25) is 0 Å². The Kier molecular flexibility index (Phi) is 8.25. The molecule has 9 heteroatoms.